The van der Waals surface area contributed by atoms with Crippen molar-refractivity contribution in [1.29, 1.82) is 0 Å². The minimum Gasteiger partial charge on any atom is -0.292 e. The van der Waals surface area contributed by atoms with Gasteiger partial charge >= 0.3 is 0 Å². The molecule has 0 N–H and O–H groups in total. The number of likely N-dealkylation sites (tertiary alicyclic amines) is 1. The SMILES string of the molecule is CC1CCCCCN1C(C)C(=O)c1ccc(F)c(F)c1. The van der Waals surface area contributed by atoms with Crippen LogP contribution in [-0.2, 0) is 0 Å². The van der Waals surface area contributed by atoms with Gasteiger partial charge in [0.1, 0.15) is 0 Å². The normalized spacial score (nSPS) is 22.3. The van der Waals surface area contributed by atoms with Crippen LogP contribution in [0.3, 0.4) is 0 Å². The molecule has 2 unspecified atom stereocenters. The molecule has 1 aromatic carbocycles. The molecule has 0 bridgehead atoms. The van der Waals surface area contributed by atoms with Crippen LogP contribution in [0.5, 0.6) is 0 Å². The first-order valence-corrected chi connectivity index (χ1v) is 7.25. The van der Waals surface area contributed by atoms with Crippen LogP contribution < -0.4 is 0 Å². The molecule has 1 aliphatic rings. The van der Waals surface area contributed by atoms with Crippen molar-refractivity contribution >= 4 is 5.78 Å². The third-order valence-corrected chi connectivity index (χ3v) is 4.19. The number of benzene rings is 1. The third kappa shape index (κ3) is 3.23. The highest BCUT2D eigenvalue weighted by atomic mass is 19.2. The minimum atomic E-state index is -0.966. The van der Waals surface area contributed by atoms with Gasteiger partial charge in [0.2, 0.25) is 0 Å². The second kappa shape index (κ2) is 6.44. The number of carbonyl (C=O) groups is 1. The predicted octanol–water partition coefficient (Wildman–Crippen LogP) is 3.80. The molecule has 1 aromatic rings. The number of hydrogen-bond acceptors (Lipinski definition) is 2. The Bertz CT molecular complexity index is 489. The Morgan fingerprint density at radius 1 is 1.25 bits per heavy atom. The second-order valence-corrected chi connectivity index (χ2v) is 5.61. The first kappa shape index (κ1) is 15.1. The van der Waals surface area contributed by atoms with E-state index in [1.807, 2.05) is 6.92 Å². The summed E-state index contributed by atoms with van der Waals surface area (Å²) in [6.07, 6.45) is 4.53. The summed E-state index contributed by atoms with van der Waals surface area (Å²) in [5.41, 5.74) is 0.243. The van der Waals surface area contributed by atoms with E-state index in [9.17, 15) is 13.6 Å². The quantitative estimate of drug-likeness (QED) is 0.785. The molecule has 2 rings (SSSR count). The summed E-state index contributed by atoms with van der Waals surface area (Å²) in [5.74, 6) is -2.03. The highest BCUT2D eigenvalue weighted by Gasteiger charge is 2.27. The van der Waals surface area contributed by atoms with Crippen molar-refractivity contribution in [2.75, 3.05) is 6.54 Å². The molecule has 1 saturated heterocycles. The van der Waals surface area contributed by atoms with Gasteiger partial charge in [-0.1, -0.05) is 12.8 Å². The van der Waals surface area contributed by atoms with E-state index in [0.29, 0.717) is 6.04 Å². The van der Waals surface area contributed by atoms with Crippen LogP contribution in [0, 0.1) is 11.6 Å². The van der Waals surface area contributed by atoms with Crippen molar-refractivity contribution in [3.63, 3.8) is 0 Å². The number of hydrogen-bond donors (Lipinski definition) is 0. The average molecular weight is 281 g/mol. The van der Waals surface area contributed by atoms with Crippen LogP contribution in [0.15, 0.2) is 18.2 Å². The van der Waals surface area contributed by atoms with Gasteiger partial charge in [0.15, 0.2) is 17.4 Å². The van der Waals surface area contributed by atoms with Gasteiger partial charge in [-0.3, -0.25) is 9.69 Å². The number of nitrogens with zero attached hydrogens (tertiary/aromatic N) is 1. The first-order chi connectivity index (χ1) is 9.50. The lowest BCUT2D eigenvalue weighted by molar-refractivity contribution is 0.0780. The summed E-state index contributed by atoms with van der Waals surface area (Å²) in [6, 6.07) is 3.42. The summed E-state index contributed by atoms with van der Waals surface area (Å²) in [4.78, 5) is 14.6. The number of halogens is 2. The van der Waals surface area contributed by atoms with Gasteiger partial charge in [-0.25, -0.2) is 8.78 Å². The number of carbonyl (C=O) groups excluding carboxylic acids is 1. The van der Waals surface area contributed by atoms with E-state index in [4.69, 9.17) is 0 Å². The van der Waals surface area contributed by atoms with Crippen molar-refractivity contribution in [3.05, 3.63) is 35.4 Å². The van der Waals surface area contributed by atoms with Gasteiger partial charge in [0, 0.05) is 11.6 Å². The molecule has 0 aromatic heterocycles. The highest BCUT2D eigenvalue weighted by molar-refractivity contribution is 5.99. The van der Waals surface area contributed by atoms with Crippen LogP contribution in [0.25, 0.3) is 0 Å². The summed E-state index contributed by atoms with van der Waals surface area (Å²) >= 11 is 0. The molecular formula is C16H21F2NO. The summed E-state index contributed by atoms with van der Waals surface area (Å²) in [5, 5.41) is 0. The third-order valence-electron chi connectivity index (χ3n) is 4.19. The van der Waals surface area contributed by atoms with Gasteiger partial charge in [-0.2, -0.15) is 0 Å². The monoisotopic (exact) mass is 281 g/mol. The van der Waals surface area contributed by atoms with Crippen LogP contribution in [-0.4, -0.2) is 29.3 Å². The topological polar surface area (TPSA) is 20.3 Å². The molecule has 1 aliphatic heterocycles. The highest BCUT2D eigenvalue weighted by Crippen LogP contribution is 2.21. The molecule has 110 valence electrons. The maximum absolute atomic E-state index is 13.2. The Morgan fingerprint density at radius 2 is 2.00 bits per heavy atom. The van der Waals surface area contributed by atoms with Crippen molar-refractivity contribution in [3.8, 4) is 0 Å². The van der Waals surface area contributed by atoms with Crippen LogP contribution in [0.2, 0.25) is 0 Å². The molecule has 1 heterocycles. The van der Waals surface area contributed by atoms with Gasteiger partial charge in [0.25, 0.3) is 0 Å². The Morgan fingerprint density at radius 3 is 2.70 bits per heavy atom. The first-order valence-electron chi connectivity index (χ1n) is 7.25. The Balaban J connectivity index is 2.16. The standard InChI is InChI=1S/C16H21F2NO/c1-11-6-4-3-5-9-19(11)12(2)16(20)13-7-8-14(17)15(18)10-13/h7-8,10-12H,3-6,9H2,1-2H3. The summed E-state index contributed by atoms with van der Waals surface area (Å²) < 4.78 is 26.2. The fourth-order valence-electron chi connectivity index (χ4n) is 2.91. The van der Waals surface area contributed by atoms with Gasteiger partial charge in [-0.05, 0) is 51.4 Å². The molecule has 0 amide bonds. The predicted molar refractivity (Wildman–Crippen MR) is 74.8 cm³/mol. The van der Waals surface area contributed by atoms with Crippen molar-refractivity contribution in [1.82, 2.24) is 4.90 Å². The molecular weight excluding hydrogens is 260 g/mol. The van der Waals surface area contributed by atoms with Gasteiger partial charge < -0.3 is 0 Å². The lowest BCUT2D eigenvalue weighted by atomic mass is 10.0. The van der Waals surface area contributed by atoms with Crippen molar-refractivity contribution in [2.45, 2.75) is 51.6 Å². The zero-order valence-electron chi connectivity index (χ0n) is 12.0. The Kier molecular flexibility index (Phi) is 4.86. The molecule has 2 nitrogen and oxygen atoms in total. The van der Waals surface area contributed by atoms with E-state index in [1.54, 1.807) is 0 Å². The molecule has 1 fully saturated rings. The van der Waals surface area contributed by atoms with Crippen LogP contribution in [0.1, 0.15) is 49.9 Å². The van der Waals surface area contributed by atoms with E-state index in [-0.39, 0.29) is 17.4 Å². The lowest BCUT2D eigenvalue weighted by Crippen LogP contribution is -2.44. The summed E-state index contributed by atoms with van der Waals surface area (Å²) in [6.45, 7) is 4.86. The smallest absolute Gasteiger partial charge is 0.179 e. The average Bonchev–Trinajstić information content (AvgIpc) is 2.65. The van der Waals surface area contributed by atoms with E-state index in [2.05, 4.69) is 11.8 Å². The Hall–Kier alpha value is -1.29. The molecule has 0 saturated carbocycles. The second-order valence-electron chi connectivity index (χ2n) is 5.61. The molecule has 2 atom stereocenters. The molecule has 0 radical (unpaired) electrons. The minimum absolute atomic E-state index is 0.141. The van der Waals surface area contributed by atoms with Gasteiger partial charge in [-0.15, -0.1) is 0 Å². The van der Waals surface area contributed by atoms with Crippen LogP contribution >= 0.6 is 0 Å². The number of rotatable bonds is 3. The Labute approximate surface area is 118 Å². The van der Waals surface area contributed by atoms with E-state index in [1.165, 1.54) is 18.9 Å². The van der Waals surface area contributed by atoms with E-state index in [0.717, 1.165) is 31.5 Å². The molecule has 0 aliphatic carbocycles. The van der Waals surface area contributed by atoms with Gasteiger partial charge in [0.05, 0.1) is 6.04 Å². The number of ketones is 1. The van der Waals surface area contributed by atoms with Crippen molar-refractivity contribution in [2.24, 2.45) is 0 Å². The molecule has 20 heavy (non-hydrogen) atoms. The lowest BCUT2D eigenvalue weighted by Gasteiger charge is -2.32. The van der Waals surface area contributed by atoms with Crippen LogP contribution in [0.4, 0.5) is 8.78 Å². The fourth-order valence-corrected chi connectivity index (χ4v) is 2.91. The zero-order valence-corrected chi connectivity index (χ0v) is 12.0. The van der Waals surface area contributed by atoms with E-state index >= 15 is 0 Å². The molecule has 0 spiro atoms. The zero-order chi connectivity index (χ0) is 14.7. The maximum Gasteiger partial charge on any atom is 0.179 e. The van der Waals surface area contributed by atoms with Crippen molar-refractivity contribution < 1.29 is 13.6 Å². The maximum atomic E-state index is 13.2. The fraction of sp³-hybridized carbons (Fsp3) is 0.562. The molecule has 4 heteroatoms. The van der Waals surface area contributed by atoms with E-state index < -0.39 is 11.6 Å². The largest absolute Gasteiger partial charge is 0.292 e. The number of Topliss-reactive ketones (excluding diaryl/α,β-unsaturated/α-hetero) is 1. The summed E-state index contributed by atoms with van der Waals surface area (Å²) in [7, 11) is 0.